The summed E-state index contributed by atoms with van der Waals surface area (Å²) in [7, 11) is 0. The van der Waals surface area contributed by atoms with Crippen LogP contribution in [0.15, 0.2) is 23.4 Å². The number of nitrogens with zero attached hydrogens (tertiary/aromatic N) is 1. The van der Waals surface area contributed by atoms with Crippen LogP contribution in [0.3, 0.4) is 0 Å². The normalized spacial score (nSPS) is 15.3. The highest BCUT2D eigenvalue weighted by molar-refractivity contribution is 7.99. The van der Waals surface area contributed by atoms with Gasteiger partial charge in [0.15, 0.2) is 0 Å². The molecule has 1 saturated carbocycles. The SMILES string of the molecule is OCCCSc1ccc(CNC2CC2)cn1. The molecule has 88 valence electrons. The zero-order valence-electron chi connectivity index (χ0n) is 9.35. The molecule has 2 N–H and O–H groups in total. The van der Waals surface area contributed by atoms with Crippen LogP contribution in [0.4, 0.5) is 0 Å². The lowest BCUT2D eigenvalue weighted by Crippen LogP contribution is -2.15. The van der Waals surface area contributed by atoms with Gasteiger partial charge in [-0.05, 0) is 30.9 Å². The summed E-state index contributed by atoms with van der Waals surface area (Å²) < 4.78 is 0. The van der Waals surface area contributed by atoms with Gasteiger partial charge in [0.1, 0.15) is 0 Å². The molecule has 0 radical (unpaired) electrons. The van der Waals surface area contributed by atoms with Gasteiger partial charge in [0.05, 0.1) is 5.03 Å². The molecule has 0 unspecified atom stereocenters. The quantitative estimate of drug-likeness (QED) is 0.562. The lowest BCUT2D eigenvalue weighted by atomic mass is 10.3. The first-order chi connectivity index (χ1) is 7.88. The van der Waals surface area contributed by atoms with E-state index in [1.165, 1.54) is 18.4 Å². The summed E-state index contributed by atoms with van der Waals surface area (Å²) in [5.74, 6) is 0.934. The van der Waals surface area contributed by atoms with Gasteiger partial charge in [-0.15, -0.1) is 11.8 Å². The fourth-order valence-corrected chi connectivity index (χ4v) is 2.17. The molecule has 4 heteroatoms. The Morgan fingerprint density at radius 3 is 2.94 bits per heavy atom. The summed E-state index contributed by atoms with van der Waals surface area (Å²) in [6.07, 6.45) is 5.42. The highest BCUT2D eigenvalue weighted by Crippen LogP contribution is 2.20. The topological polar surface area (TPSA) is 45.1 Å². The van der Waals surface area contributed by atoms with E-state index in [2.05, 4.69) is 22.4 Å². The predicted molar refractivity (Wildman–Crippen MR) is 66.5 cm³/mol. The third-order valence-electron chi connectivity index (χ3n) is 2.52. The number of pyridine rings is 1. The van der Waals surface area contributed by atoms with Crippen molar-refractivity contribution in [3.63, 3.8) is 0 Å². The molecule has 0 bridgehead atoms. The molecule has 3 nitrogen and oxygen atoms in total. The van der Waals surface area contributed by atoms with Gasteiger partial charge in [0.25, 0.3) is 0 Å². The van der Waals surface area contributed by atoms with Crippen LogP contribution in [0, 0.1) is 0 Å². The van der Waals surface area contributed by atoms with Gasteiger partial charge in [0, 0.05) is 31.1 Å². The average Bonchev–Trinajstić information content (AvgIpc) is 3.12. The Balaban J connectivity index is 1.74. The van der Waals surface area contributed by atoms with Gasteiger partial charge in [-0.2, -0.15) is 0 Å². The van der Waals surface area contributed by atoms with Gasteiger partial charge in [-0.25, -0.2) is 4.98 Å². The van der Waals surface area contributed by atoms with Gasteiger partial charge in [-0.3, -0.25) is 0 Å². The Hall–Kier alpha value is -0.580. The molecule has 1 aromatic rings. The predicted octanol–water partition coefficient (Wildman–Crippen LogP) is 1.81. The molecule has 1 aliphatic rings. The third-order valence-corrected chi connectivity index (χ3v) is 3.55. The Bertz CT molecular complexity index is 311. The van der Waals surface area contributed by atoms with Crippen molar-refractivity contribution in [2.45, 2.75) is 36.9 Å². The first-order valence-electron chi connectivity index (χ1n) is 5.80. The van der Waals surface area contributed by atoms with E-state index in [1.807, 2.05) is 6.20 Å². The van der Waals surface area contributed by atoms with Gasteiger partial charge in [-0.1, -0.05) is 6.07 Å². The zero-order valence-corrected chi connectivity index (χ0v) is 10.2. The van der Waals surface area contributed by atoms with E-state index in [0.717, 1.165) is 29.8 Å². The molecule has 0 atom stereocenters. The number of aliphatic hydroxyl groups excluding tert-OH is 1. The van der Waals surface area contributed by atoms with Gasteiger partial charge in [0.2, 0.25) is 0 Å². The van der Waals surface area contributed by atoms with Crippen molar-refractivity contribution in [3.8, 4) is 0 Å². The van der Waals surface area contributed by atoms with E-state index in [4.69, 9.17) is 5.11 Å². The summed E-state index contributed by atoms with van der Waals surface area (Å²) in [5.41, 5.74) is 1.25. The molecule has 0 spiro atoms. The van der Waals surface area contributed by atoms with Crippen molar-refractivity contribution >= 4 is 11.8 Å². The molecule has 1 heterocycles. The smallest absolute Gasteiger partial charge is 0.0960 e. The average molecular weight is 238 g/mol. The van der Waals surface area contributed by atoms with Crippen molar-refractivity contribution in [1.29, 1.82) is 0 Å². The molecule has 1 aromatic heterocycles. The third kappa shape index (κ3) is 4.12. The largest absolute Gasteiger partial charge is 0.396 e. The number of aromatic nitrogens is 1. The van der Waals surface area contributed by atoms with E-state index in [0.29, 0.717) is 0 Å². The van der Waals surface area contributed by atoms with Crippen molar-refractivity contribution in [1.82, 2.24) is 10.3 Å². The number of rotatable bonds is 7. The van der Waals surface area contributed by atoms with Crippen LogP contribution < -0.4 is 5.32 Å². The molecule has 1 fully saturated rings. The molecule has 16 heavy (non-hydrogen) atoms. The first-order valence-corrected chi connectivity index (χ1v) is 6.79. The van der Waals surface area contributed by atoms with Crippen LogP contribution in [0.25, 0.3) is 0 Å². The fraction of sp³-hybridized carbons (Fsp3) is 0.583. The molecular formula is C12H18N2OS. The van der Waals surface area contributed by atoms with Crippen LogP contribution in [0.1, 0.15) is 24.8 Å². The molecule has 1 aliphatic carbocycles. The summed E-state index contributed by atoms with van der Waals surface area (Å²) in [6.45, 7) is 1.19. The summed E-state index contributed by atoms with van der Waals surface area (Å²) in [6, 6.07) is 4.94. The first kappa shape index (κ1) is 11.9. The van der Waals surface area contributed by atoms with Crippen molar-refractivity contribution < 1.29 is 5.11 Å². The molecule has 2 rings (SSSR count). The highest BCUT2D eigenvalue weighted by atomic mass is 32.2. The second-order valence-electron chi connectivity index (χ2n) is 4.09. The van der Waals surface area contributed by atoms with E-state index in [-0.39, 0.29) is 6.61 Å². The van der Waals surface area contributed by atoms with Crippen LogP contribution in [-0.2, 0) is 6.54 Å². The van der Waals surface area contributed by atoms with Crippen molar-refractivity contribution in [2.75, 3.05) is 12.4 Å². The monoisotopic (exact) mass is 238 g/mol. The highest BCUT2D eigenvalue weighted by Gasteiger charge is 2.19. The number of aliphatic hydroxyl groups is 1. The summed E-state index contributed by atoms with van der Waals surface area (Å²) in [5, 5.41) is 13.2. The van der Waals surface area contributed by atoms with Gasteiger partial charge < -0.3 is 10.4 Å². The maximum absolute atomic E-state index is 8.67. The summed E-state index contributed by atoms with van der Waals surface area (Å²) >= 11 is 1.70. The molecule has 0 aliphatic heterocycles. The Kier molecular flexibility index (Phi) is 4.63. The minimum absolute atomic E-state index is 0.260. The van der Waals surface area contributed by atoms with Crippen molar-refractivity contribution in [2.24, 2.45) is 0 Å². The number of hydrogen-bond donors (Lipinski definition) is 2. The minimum Gasteiger partial charge on any atom is -0.396 e. The fourth-order valence-electron chi connectivity index (χ4n) is 1.39. The maximum Gasteiger partial charge on any atom is 0.0960 e. The van der Waals surface area contributed by atoms with E-state index >= 15 is 0 Å². The molecular weight excluding hydrogens is 220 g/mol. The lowest BCUT2D eigenvalue weighted by Gasteiger charge is -2.04. The van der Waals surface area contributed by atoms with Gasteiger partial charge >= 0.3 is 0 Å². The molecule has 0 aromatic carbocycles. The minimum atomic E-state index is 0.260. The van der Waals surface area contributed by atoms with E-state index in [9.17, 15) is 0 Å². The lowest BCUT2D eigenvalue weighted by molar-refractivity contribution is 0.296. The standard InChI is InChI=1S/C12H18N2OS/c15-6-1-7-16-12-5-2-10(9-14-12)8-13-11-3-4-11/h2,5,9,11,13,15H,1,3-4,6-8H2. The Labute approximate surface area is 101 Å². The number of nitrogens with one attached hydrogen (secondary N) is 1. The Morgan fingerprint density at radius 1 is 1.44 bits per heavy atom. The molecule has 0 amide bonds. The Morgan fingerprint density at radius 2 is 2.31 bits per heavy atom. The second-order valence-corrected chi connectivity index (χ2v) is 5.20. The summed E-state index contributed by atoms with van der Waals surface area (Å²) in [4.78, 5) is 4.39. The van der Waals surface area contributed by atoms with Crippen LogP contribution in [0.2, 0.25) is 0 Å². The van der Waals surface area contributed by atoms with E-state index in [1.54, 1.807) is 11.8 Å². The number of thioether (sulfide) groups is 1. The van der Waals surface area contributed by atoms with Crippen molar-refractivity contribution in [3.05, 3.63) is 23.9 Å². The number of hydrogen-bond acceptors (Lipinski definition) is 4. The van der Waals surface area contributed by atoms with Crippen LogP contribution >= 0.6 is 11.8 Å². The maximum atomic E-state index is 8.67. The van der Waals surface area contributed by atoms with E-state index < -0.39 is 0 Å². The molecule has 0 saturated heterocycles. The zero-order chi connectivity index (χ0) is 11.2. The second kappa shape index (κ2) is 6.23. The van der Waals surface area contributed by atoms with Crippen LogP contribution in [-0.4, -0.2) is 28.5 Å². The van der Waals surface area contributed by atoms with Crippen LogP contribution in [0.5, 0.6) is 0 Å².